The highest BCUT2D eigenvalue weighted by Crippen LogP contribution is 2.22. The average molecular weight is 430 g/mol. The summed E-state index contributed by atoms with van der Waals surface area (Å²) in [5, 5.41) is 7.96. The van der Waals surface area contributed by atoms with Crippen molar-refractivity contribution in [2.75, 3.05) is 33.4 Å². The van der Waals surface area contributed by atoms with Crippen molar-refractivity contribution in [1.82, 2.24) is 15.6 Å². The number of aryl methyl sites for hydroxylation is 1. The number of methoxy groups -OCH3 is 1. The van der Waals surface area contributed by atoms with E-state index in [2.05, 4.69) is 58.9 Å². The van der Waals surface area contributed by atoms with Crippen molar-refractivity contribution in [3.05, 3.63) is 35.5 Å². The third kappa shape index (κ3) is 5.69. The number of aromatic amines is 1. The molecule has 128 valence electrons. The van der Waals surface area contributed by atoms with Gasteiger partial charge in [-0.3, -0.25) is 4.99 Å². The van der Waals surface area contributed by atoms with Crippen molar-refractivity contribution in [2.45, 2.75) is 20.3 Å². The molecule has 0 saturated heterocycles. The fourth-order valence-electron chi connectivity index (χ4n) is 2.55. The van der Waals surface area contributed by atoms with Crippen LogP contribution in [0.15, 0.2) is 29.4 Å². The van der Waals surface area contributed by atoms with Gasteiger partial charge in [-0.15, -0.1) is 24.0 Å². The largest absolute Gasteiger partial charge is 0.383 e. The highest BCUT2D eigenvalue weighted by atomic mass is 127. The Labute approximate surface area is 155 Å². The molecule has 2 rings (SSSR count). The second-order valence-corrected chi connectivity index (χ2v) is 5.24. The van der Waals surface area contributed by atoms with Crippen molar-refractivity contribution < 1.29 is 4.74 Å². The Bertz CT molecular complexity index is 624. The molecule has 0 aliphatic carbocycles. The minimum absolute atomic E-state index is 0. The lowest BCUT2D eigenvalue weighted by molar-refractivity contribution is 0.208. The molecule has 0 aliphatic heterocycles. The van der Waals surface area contributed by atoms with Crippen LogP contribution in [0.1, 0.15) is 18.1 Å². The van der Waals surface area contributed by atoms with Gasteiger partial charge in [-0.05, 0) is 37.5 Å². The van der Waals surface area contributed by atoms with Gasteiger partial charge >= 0.3 is 0 Å². The van der Waals surface area contributed by atoms with E-state index in [4.69, 9.17) is 4.74 Å². The Hall–Kier alpha value is -1.28. The fourth-order valence-corrected chi connectivity index (χ4v) is 2.55. The molecule has 1 heterocycles. The minimum atomic E-state index is 0. The van der Waals surface area contributed by atoms with Gasteiger partial charge in [0.25, 0.3) is 0 Å². The molecular formula is C17H27IN4O. The first-order chi connectivity index (χ1) is 10.8. The predicted octanol–water partition coefficient (Wildman–Crippen LogP) is 2.84. The minimum Gasteiger partial charge on any atom is -0.383 e. The SMILES string of the molecule is CCNC(=NCCOC)NCCc1c[nH]c2cccc(C)c12.I. The molecule has 23 heavy (non-hydrogen) atoms. The number of nitrogens with zero attached hydrogens (tertiary/aromatic N) is 1. The number of benzene rings is 1. The normalized spacial score (nSPS) is 11.3. The molecule has 0 radical (unpaired) electrons. The van der Waals surface area contributed by atoms with E-state index in [-0.39, 0.29) is 24.0 Å². The van der Waals surface area contributed by atoms with E-state index in [1.807, 2.05) is 0 Å². The lowest BCUT2D eigenvalue weighted by Gasteiger charge is -2.11. The summed E-state index contributed by atoms with van der Waals surface area (Å²) in [4.78, 5) is 7.81. The summed E-state index contributed by atoms with van der Waals surface area (Å²) in [6, 6.07) is 6.36. The molecule has 0 amide bonds. The van der Waals surface area contributed by atoms with Crippen molar-refractivity contribution in [3.8, 4) is 0 Å². The number of ether oxygens (including phenoxy) is 1. The van der Waals surface area contributed by atoms with E-state index >= 15 is 0 Å². The molecule has 6 heteroatoms. The molecule has 5 nitrogen and oxygen atoms in total. The molecule has 0 atom stereocenters. The van der Waals surface area contributed by atoms with Crippen LogP contribution < -0.4 is 10.6 Å². The molecule has 0 saturated carbocycles. The van der Waals surface area contributed by atoms with E-state index in [9.17, 15) is 0 Å². The van der Waals surface area contributed by atoms with Gasteiger partial charge in [0.15, 0.2) is 5.96 Å². The third-order valence-electron chi connectivity index (χ3n) is 3.59. The Morgan fingerprint density at radius 3 is 2.87 bits per heavy atom. The van der Waals surface area contributed by atoms with Crippen molar-refractivity contribution >= 4 is 40.8 Å². The van der Waals surface area contributed by atoms with Gasteiger partial charge in [0.05, 0.1) is 13.2 Å². The number of aromatic nitrogens is 1. The van der Waals surface area contributed by atoms with Crippen molar-refractivity contribution in [3.63, 3.8) is 0 Å². The summed E-state index contributed by atoms with van der Waals surface area (Å²) in [7, 11) is 1.69. The molecule has 1 aromatic heterocycles. The van der Waals surface area contributed by atoms with Crippen LogP contribution >= 0.6 is 24.0 Å². The average Bonchev–Trinajstić information content (AvgIpc) is 2.92. The summed E-state index contributed by atoms with van der Waals surface area (Å²) in [6.07, 6.45) is 3.06. The second kappa shape index (κ2) is 10.5. The number of hydrogen-bond donors (Lipinski definition) is 3. The Kier molecular flexibility index (Phi) is 9.01. The first-order valence-corrected chi connectivity index (χ1v) is 7.83. The molecule has 0 aliphatic rings. The first kappa shape index (κ1) is 19.8. The fraction of sp³-hybridized carbons (Fsp3) is 0.471. The van der Waals surface area contributed by atoms with Crippen molar-refractivity contribution in [1.29, 1.82) is 0 Å². The van der Waals surface area contributed by atoms with Crippen LogP contribution in [-0.4, -0.2) is 44.3 Å². The number of aliphatic imine (C=N–C) groups is 1. The van der Waals surface area contributed by atoms with Crippen LogP contribution in [0.5, 0.6) is 0 Å². The second-order valence-electron chi connectivity index (χ2n) is 5.24. The molecule has 0 spiro atoms. The monoisotopic (exact) mass is 430 g/mol. The van der Waals surface area contributed by atoms with Crippen molar-refractivity contribution in [2.24, 2.45) is 4.99 Å². The highest BCUT2D eigenvalue weighted by molar-refractivity contribution is 14.0. The quantitative estimate of drug-likeness (QED) is 0.274. The Morgan fingerprint density at radius 2 is 2.13 bits per heavy atom. The maximum Gasteiger partial charge on any atom is 0.191 e. The number of rotatable bonds is 7. The van der Waals surface area contributed by atoms with E-state index in [1.165, 1.54) is 22.0 Å². The topological polar surface area (TPSA) is 61.4 Å². The van der Waals surface area contributed by atoms with E-state index in [1.54, 1.807) is 7.11 Å². The number of halogens is 1. The van der Waals surface area contributed by atoms with Crippen LogP contribution in [0.3, 0.4) is 0 Å². The predicted molar refractivity (Wildman–Crippen MR) is 108 cm³/mol. The molecule has 2 aromatic rings. The number of guanidine groups is 1. The van der Waals surface area contributed by atoms with Gasteiger partial charge in [0.1, 0.15) is 0 Å². The Morgan fingerprint density at radius 1 is 1.30 bits per heavy atom. The summed E-state index contributed by atoms with van der Waals surface area (Å²) >= 11 is 0. The number of nitrogens with one attached hydrogen (secondary N) is 3. The standard InChI is InChI=1S/C17H26N4O.HI/c1-4-18-17(20-10-11-22-3)19-9-8-14-12-21-15-7-5-6-13(2)16(14)15;/h5-7,12,21H,4,8-11H2,1-3H3,(H2,18,19,20);1H. The zero-order chi connectivity index (χ0) is 15.8. The summed E-state index contributed by atoms with van der Waals surface area (Å²) in [5.41, 5.74) is 3.86. The zero-order valence-corrected chi connectivity index (χ0v) is 16.4. The smallest absolute Gasteiger partial charge is 0.191 e. The molecule has 0 unspecified atom stereocenters. The van der Waals surface area contributed by atoms with Crippen LogP contribution in [0.4, 0.5) is 0 Å². The molecule has 1 aromatic carbocycles. The summed E-state index contributed by atoms with van der Waals surface area (Å²) < 4.78 is 5.03. The molecule has 0 fully saturated rings. The first-order valence-electron chi connectivity index (χ1n) is 7.83. The van der Waals surface area contributed by atoms with E-state index in [0.29, 0.717) is 13.2 Å². The maximum atomic E-state index is 5.03. The highest BCUT2D eigenvalue weighted by Gasteiger charge is 2.06. The molecular weight excluding hydrogens is 403 g/mol. The van der Waals surface area contributed by atoms with Gasteiger partial charge in [0, 0.05) is 37.3 Å². The lowest BCUT2D eigenvalue weighted by Crippen LogP contribution is -2.38. The van der Waals surface area contributed by atoms with Gasteiger partial charge in [0.2, 0.25) is 0 Å². The number of H-pyrrole nitrogens is 1. The number of hydrogen-bond acceptors (Lipinski definition) is 2. The molecule has 0 bridgehead atoms. The lowest BCUT2D eigenvalue weighted by atomic mass is 10.1. The van der Waals surface area contributed by atoms with Gasteiger partial charge in [-0.25, -0.2) is 0 Å². The zero-order valence-electron chi connectivity index (χ0n) is 14.1. The summed E-state index contributed by atoms with van der Waals surface area (Å²) in [6.45, 7) is 7.22. The van der Waals surface area contributed by atoms with Crippen LogP contribution in [0, 0.1) is 6.92 Å². The van der Waals surface area contributed by atoms with Gasteiger partial charge in [-0.1, -0.05) is 12.1 Å². The maximum absolute atomic E-state index is 5.03. The third-order valence-corrected chi connectivity index (χ3v) is 3.59. The summed E-state index contributed by atoms with van der Waals surface area (Å²) in [5.74, 6) is 0.844. The van der Waals surface area contributed by atoms with Crippen LogP contribution in [0.25, 0.3) is 10.9 Å². The van der Waals surface area contributed by atoms with E-state index in [0.717, 1.165) is 25.5 Å². The van der Waals surface area contributed by atoms with Crippen LogP contribution in [0.2, 0.25) is 0 Å². The van der Waals surface area contributed by atoms with E-state index < -0.39 is 0 Å². The molecule has 3 N–H and O–H groups in total. The van der Waals surface area contributed by atoms with Crippen LogP contribution in [-0.2, 0) is 11.2 Å². The van der Waals surface area contributed by atoms with Gasteiger partial charge in [-0.2, -0.15) is 0 Å². The van der Waals surface area contributed by atoms with Gasteiger partial charge < -0.3 is 20.4 Å². The number of fused-ring (bicyclic) bond motifs is 1. The Balaban J connectivity index is 0.00000264.